The molecule has 3 heterocycles. The molecule has 3 nitrogen and oxygen atoms in total. The molecule has 4 atom stereocenters. The Morgan fingerprint density at radius 1 is 1.12 bits per heavy atom. The molecule has 1 aliphatic carbocycles. The molecule has 0 aromatic carbocycles. The van der Waals surface area contributed by atoms with E-state index in [-0.39, 0.29) is 0 Å². The lowest BCUT2D eigenvalue weighted by molar-refractivity contribution is 0.0685. The van der Waals surface area contributed by atoms with E-state index in [1.165, 1.54) is 58.2 Å². The fourth-order valence-corrected chi connectivity index (χ4v) is 4.09. The Kier molecular flexibility index (Phi) is 2.67. The van der Waals surface area contributed by atoms with Crippen molar-refractivity contribution >= 4 is 0 Å². The summed E-state index contributed by atoms with van der Waals surface area (Å²) < 4.78 is 6.03. The minimum absolute atomic E-state index is 0.568. The Labute approximate surface area is 104 Å². The highest BCUT2D eigenvalue weighted by atomic mass is 16.5. The Bertz CT molecular complexity index is 292. The SMILES string of the molecule is C1CNC(C2CC2)CN(C2CC3CCC2O3)C1. The highest BCUT2D eigenvalue weighted by molar-refractivity contribution is 4.98. The van der Waals surface area contributed by atoms with Gasteiger partial charge in [-0.05, 0) is 57.5 Å². The van der Waals surface area contributed by atoms with Gasteiger partial charge in [0.15, 0.2) is 0 Å². The summed E-state index contributed by atoms with van der Waals surface area (Å²) in [7, 11) is 0. The second-order valence-electron chi connectivity index (χ2n) is 6.42. The van der Waals surface area contributed by atoms with Crippen LogP contribution in [0.5, 0.6) is 0 Å². The molecule has 0 aromatic rings. The van der Waals surface area contributed by atoms with E-state index >= 15 is 0 Å². The minimum atomic E-state index is 0.568. The van der Waals surface area contributed by atoms with Crippen LogP contribution in [0.3, 0.4) is 0 Å². The molecule has 96 valence electrons. The molecule has 3 aliphatic heterocycles. The summed E-state index contributed by atoms with van der Waals surface area (Å²) in [4.78, 5) is 2.76. The first-order valence-electron chi connectivity index (χ1n) is 7.53. The highest BCUT2D eigenvalue weighted by Crippen LogP contribution is 2.39. The molecule has 3 heteroatoms. The average Bonchev–Trinajstić information content (AvgIpc) is 3.05. The Hall–Kier alpha value is -0.120. The van der Waals surface area contributed by atoms with Crippen LogP contribution < -0.4 is 5.32 Å². The highest BCUT2D eigenvalue weighted by Gasteiger charge is 2.45. The van der Waals surface area contributed by atoms with Crippen molar-refractivity contribution < 1.29 is 4.74 Å². The molecule has 1 saturated carbocycles. The van der Waals surface area contributed by atoms with E-state index < -0.39 is 0 Å². The third kappa shape index (κ3) is 2.02. The lowest BCUT2D eigenvalue weighted by Crippen LogP contribution is -2.47. The van der Waals surface area contributed by atoms with Crippen LogP contribution in [0.2, 0.25) is 0 Å². The van der Waals surface area contributed by atoms with Crippen molar-refractivity contribution in [3.63, 3.8) is 0 Å². The van der Waals surface area contributed by atoms with Crippen molar-refractivity contribution in [2.75, 3.05) is 19.6 Å². The molecule has 2 bridgehead atoms. The van der Waals surface area contributed by atoms with E-state index in [0.29, 0.717) is 12.2 Å². The van der Waals surface area contributed by atoms with Gasteiger partial charge in [0.05, 0.1) is 12.2 Å². The third-order valence-corrected chi connectivity index (χ3v) is 5.19. The van der Waals surface area contributed by atoms with Crippen molar-refractivity contribution in [1.82, 2.24) is 10.2 Å². The van der Waals surface area contributed by atoms with Gasteiger partial charge in [-0.15, -0.1) is 0 Å². The fourth-order valence-electron chi connectivity index (χ4n) is 4.09. The van der Waals surface area contributed by atoms with Gasteiger partial charge < -0.3 is 10.1 Å². The molecule has 17 heavy (non-hydrogen) atoms. The van der Waals surface area contributed by atoms with Crippen molar-refractivity contribution in [3.8, 4) is 0 Å². The molecule has 4 fully saturated rings. The fraction of sp³-hybridized carbons (Fsp3) is 1.00. The van der Waals surface area contributed by atoms with Gasteiger partial charge >= 0.3 is 0 Å². The lowest BCUT2D eigenvalue weighted by Gasteiger charge is -2.33. The van der Waals surface area contributed by atoms with E-state index in [9.17, 15) is 0 Å². The number of fused-ring (bicyclic) bond motifs is 2. The Balaban J connectivity index is 1.44. The van der Waals surface area contributed by atoms with Crippen molar-refractivity contribution in [2.45, 2.75) is 62.8 Å². The predicted octanol–water partition coefficient (Wildman–Crippen LogP) is 1.38. The summed E-state index contributed by atoms with van der Waals surface area (Å²) in [5, 5.41) is 3.76. The summed E-state index contributed by atoms with van der Waals surface area (Å²) in [5.41, 5.74) is 0. The van der Waals surface area contributed by atoms with Crippen LogP contribution in [0, 0.1) is 5.92 Å². The summed E-state index contributed by atoms with van der Waals surface area (Å²) >= 11 is 0. The van der Waals surface area contributed by atoms with E-state index in [4.69, 9.17) is 4.74 Å². The molecule has 0 aromatic heterocycles. The molecular formula is C14H24N2O. The van der Waals surface area contributed by atoms with Gasteiger partial charge in [-0.1, -0.05) is 0 Å². The molecule has 4 aliphatic rings. The molecule has 4 rings (SSSR count). The van der Waals surface area contributed by atoms with E-state index in [2.05, 4.69) is 10.2 Å². The number of hydrogen-bond donors (Lipinski definition) is 1. The van der Waals surface area contributed by atoms with E-state index in [1.54, 1.807) is 0 Å². The molecule has 1 N–H and O–H groups in total. The van der Waals surface area contributed by atoms with Gasteiger partial charge in [-0.2, -0.15) is 0 Å². The lowest BCUT2D eigenvalue weighted by atomic mass is 9.93. The number of ether oxygens (including phenoxy) is 1. The van der Waals surface area contributed by atoms with Crippen LogP contribution in [0.1, 0.15) is 38.5 Å². The van der Waals surface area contributed by atoms with Crippen LogP contribution in [-0.4, -0.2) is 48.8 Å². The number of nitrogens with zero attached hydrogens (tertiary/aromatic N) is 1. The maximum absolute atomic E-state index is 6.03. The minimum Gasteiger partial charge on any atom is -0.373 e. The van der Waals surface area contributed by atoms with Gasteiger partial charge in [0, 0.05) is 18.6 Å². The Morgan fingerprint density at radius 2 is 2.06 bits per heavy atom. The smallest absolute Gasteiger partial charge is 0.0735 e. The first-order chi connectivity index (χ1) is 8.40. The van der Waals surface area contributed by atoms with Crippen molar-refractivity contribution in [2.24, 2.45) is 5.92 Å². The van der Waals surface area contributed by atoms with Crippen LogP contribution in [0.25, 0.3) is 0 Å². The van der Waals surface area contributed by atoms with Gasteiger partial charge in [0.2, 0.25) is 0 Å². The van der Waals surface area contributed by atoms with Gasteiger partial charge in [0.25, 0.3) is 0 Å². The van der Waals surface area contributed by atoms with Crippen LogP contribution in [-0.2, 0) is 4.74 Å². The van der Waals surface area contributed by atoms with Crippen molar-refractivity contribution in [3.05, 3.63) is 0 Å². The largest absolute Gasteiger partial charge is 0.373 e. The molecule has 0 spiro atoms. The monoisotopic (exact) mass is 236 g/mol. The number of hydrogen-bond acceptors (Lipinski definition) is 3. The van der Waals surface area contributed by atoms with Crippen molar-refractivity contribution in [1.29, 1.82) is 0 Å². The first-order valence-corrected chi connectivity index (χ1v) is 7.53. The molecule has 4 unspecified atom stereocenters. The second kappa shape index (κ2) is 4.22. The summed E-state index contributed by atoms with van der Waals surface area (Å²) in [6.45, 7) is 3.79. The maximum Gasteiger partial charge on any atom is 0.0735 e. The topological polar surface area (TPSA) is 24.5 Å². The van der Waals surface area contributed by atoms with Crippen LogP contribution >= 0.6 is 0 Å². The standard InChI is InChI=1S/C14H24N2O/c1-6-15-12(10-2-3-10)9-16(7-1)13-8-11-4-5-14(13)17-11/h10-15H,1-9H2. The quantitative estimate of drug-likeness (QED) is 0.784. The summed E-state index contributed by atoms with van der Waals surface area (Å²) in [5.74, 6) is 0.982. The maximum atomic E-state index is 6.03. The number of nitrogens with one attached hydrogen (secondary N) is 1. The Morgan fingerprint density at radius 3 is 2.76 bits per heavy atom. The van der Waals surface area contributed by atoms with Gasteiger partial charge in [-0.3, -0.25) is 4.90 Å². The zero-order valence-electron chi connectivity index (χ0n) is 10.6. The molecule has 0 amide bonds. The first kappa shape index (κ1) is 10.8. The second-order valence-corrected chi connectivity index (χ2v) is 6.42. The molecule has 3 saturated heterocycles. The third-order valence-electron chi connectivity index (χ3n) is 5.19. The zero-order chi connectivity index (χ0) is 11.2. The zero-order valence-corrected chi connectivity index (χ0v) is 10.6. The van der Waals surface area contributed by atoms with Crippen LogP contribution in [0.15, 0.2) is 0 Å². The van der Waals surface area contributed by atoms with Gasteiger partial charge in [-0.25, -0.2) is 0 Å². The average molecular weight is 236 g/mol. The summed E-state index contributed by atoms with van der Waals surface area (Å²) in [6.07, 6.45) is 9.34. The summed E-state index contributed by atoms with van der Waals surface area (Å²) in [6, 6.07) is 1.52. The predicted molar refractivity (Wildman–Crippen MR) is 67.0 cm³/mol. The normalized spacial score (nSPS) is 47.3. The van der Waals surface area contributed by atoms with E-state index in [0.717, 1.165) is 18.0 Å². The number of rotatable bonds is 2. The molecular weight excluding hydrogens is 212 g/mol. The van der Waals surface area contributed by atoms with Crippen LogP contribution in [0.4, 0.5) is 0 Å². The van der Waals surface area contributed by atoms with E-state index in [1.807, 2.05) is 0 Å². The molecule has 0 radical (unpaired) electrons. The van der Waals surface area contributed by atoms with Gasteiger partial charge in [0.1, 0.15) is 0 Å².